The summed E-state index contributed by atoms with van der Waals surface area (Å²) in [6.45, 7) is 18.8. The second-order valence-electron chi connectivity index (χ2n) is 15.0. The Labute approximate surface area is 309 Å². The van der Waals surface area contributed by atoms with E-state index in [1.165, 1.54) is 4.90 Å². The Balaban J connectivity index is 5.24. The molecule has 0 spiro atoms. The fraction of sp³-hybridized carbons (Fsp3) is 0.857. The minimum atomic E-state index is -1.11. The minimum Gasteiger partial charge on any atom is -0.481 e. The lowest BCUT2D eigenvalue weighted by Gasteiger charge is -2.30. The number of carbonyl (C=O) groups is 5. The van der Waals surface area contributed by atoms with E-state index in [4.69, 9.17) is 38.3 Å². The third-order valence-corrected chi connectivity index (χ3v) is 6.27. The number of aliphatic carboxylic acids is 2. The van der Waals surface area contributed by atoms with Gasteiger partial charge in [0.25, 0.3) is 0 Å². The van der Waals surface area contributed by atoms with Crippen LogP contribution >= 0.6 is 0 Å². The van der Waals surface area contributed by atoms with Crippen molar-refractivity contribution in [2.24, 2.45) is 0 Å². The molecule has 0 saturated carbocycles. The van der Waals surface area contributed by atoms with E-state index in [9.17, 15) is 29.1 Å². The molecule has 0 rings (SSSR count). The zero-order valence-corrected chi connectivity index (χ0v) is 32.9. The van der Waals surface area contributed by atoms with Crippen molar-refractivity contribution in [3.8, 4) is 0 Å². The maximum Gasteiger partial charge on any atom is 0.320 e. The summed E-state index contributed by atoms with van der Waals surface area (Å²) < 4.78 is 38.2. The van der Waals surface area contributed by atoms with Crippen LogP contribution in [0.4, 0.5) is 0 Å². The van der Waals surface area contributed by atoms with Crippen molar-refractivity contribution in [1.82, 2.24) is 14.7 Å². The van der Waals surface area contributed by atoms with Gasteiger partial charge in [-0.3, -0.25) is 38.7 Å². The number of ether oxygens (including phenoxy) is 7. The Bertz CT molecular complexity index is 1050. The van der Waals surface area contributed by atoms with Crippen LogP contribution in [-0.4, -0.2) is 183 Å². The number of esters is 3. The van der Waals surface area contributed by atoms with Gasteiger partial charge in [-0.15, -0.1) is 0 Å². The number of hydrogen-bond acceptors (Lipinski definition) is 15. The second kappa shape index (κ2) is 25.9. The van der Waals surface area contributed by atoms with E-state index < -0.39 is 53.2 Å². The first kappa shape index (κ1) is 49.1. The molecule has 0 amide bonds. The van der Waals surface area contributed by atoms with Gasteiger partial charge in [0.1, 0.15) is 16.8 Å². The Kier molecular flexibility index (Phi) is 24.5. The summed E-state index contributed by atoms with van der Waals surface area (Å²) >= 11 is 0. The van der Waals surface area contributed by atoms with Gasteiger partial charge in [0.15, 0.2) is 0 Å². The predicted molar refractivity (Wildman–Crippen MR) is 190 cm³/mol. The van der Waals surface area contributed by atoms with Crippen LogP contribution in [0.3, 0.4) is 0 Å². The molecule has 0 radical (unpaired) electrons. The molecule has 2 N–H and O–H groups in total. The highest BCUT2D eigenvalue weighted by Gasteiger charge is 2.24. The third kappa shape index (κ3) is 32.9. The topological polar surface area (TPSA) is 200 Å². The highest BCUT2D eigenvalue weighted by molar-refractivity contribution is 5.74. The zero-order valence-electron chi connectivity index (χ0n) is 32.9. The van der Waals surface area contributed by atoms with Crippen molar-refractivity contribution < 1.29 is 67.3 Å². The smallest absolute Gasteiger partial charge is 0.320 e. The molecule has 17 heteroatoms. The zero-order chi connectivity index (χ0) is 39.8. The normalized spacial score (nSPS) is 12.4. The highest BCUT2D eigenvalue weighted by Crippen LogP contribution is 2.10. The van der Waals surface area contributed by atoms with E-state index in [2.05, 4.69) is 0 Å². The van der Waals surface area contributed by atoms with Crippen LogP contribution in [-0.2, 0) is 57.1 Å². The largest absolute Gasteiger partial charge is 0.481 e. The van der Waals surface area contributed by atoms with E-state index >= 15 is 0 Å². The van der Waals surface area contributed by atoms with Crippen LogP contribution in [0.15, 0.2) is 0 Å². The molecule has 0 aliphatic heterocycles. The van der Waals surface area contributed by atoms with Gasteiger partial charge in [-0.1, -0.05) is 0 Å². The standard InChI is InChI=1S/C35H65N3O14/c1-33(2,3)50-30(43)25-36(13-14-38(24-29(41)42)27-32(45)52-35(7,8)9)11-12-37(26-31(44)51-34(4,5)6)15-17-47-19-21-49-23-22-48-20-18-46-16-10-28(39)40/h10-27H2,1-9H3,(H,39,40)(H,41,42). The van der Waals surface area contributed by atoms with Gasteiger partial charge in [0.05, 0.1) is 85.5 Å². The van der Waals surface area contributed by atoms with E-state index in [0.29, 0.717) is 59.3 Å². The summed E-state index contributed by atoms with van der Waals surface area (Å²) in [6.07, 6.45) is -0.0534. The maximum atomic E-state index is 12.8. The molecule has 304 valence electrons. The third-order valence-electron chi connectivity index (χ3n) is 6.27. The molecule has 0 heterocycles. The monoisotopic (exact) mass is 751 g/mol. The van der Waals surface area contributed by atoms with Gasteiger partial charge >= 0.3 is 29.8 Å². The Hall–Kier alpha value is -2.93. The van der Waals surface area contributed by atoms with Crippen LogP contribution in [0.5, 0.6) is 0 Å². The summed E-state index contributed by atoms with van der Waals surface area (Å²) in [7, 11) is 0. The lowest BCUT2D eigenvalue weighted by atomic mass is 10.2. The number of rotatable bonds is 29. The van der Waals surface area contributed by atoms with Crippen molar-refractivity contribution in [3.63, 3.8) is 0 Å². The van der Waals surface area contributed by atoms with Crippen LogP contribution in [0.2, 0.25) is 0 Å². The molecule has 0 aromatic carbocycles. The molecule has 0 aliphatic carbocycles. The van der Waals surface area contributed by atoms with Crippen molar-refractivity contribution in [2.75, 3.05) is 112 Å². The predicted octanol–water partition coefficient (Wildman–Crippen LogP) is 1.54. The van der Waals surface area contributed by atoms with E-state index in [1.54, 1.807) is 67.2 Å². The summed E-state index contributed by atoms with van der Waals surface area (Å²) in [5, 5.41) is 18.0. The molecular weight excluding hydrogens is 686 g/mol. The lowest BCUT2D eigenvalue weighted by molar-refractivity contribution is -0.159. The summed E-state index contributed by atoms with van der Waals surface area (Å²) in [5.41, 5.74) is -2.13. The first-order valence-electron chi connectivity index (χ1n) is 17.6. The number of carboxylic acids is 2. The van der Waals surface area contributed by atoms with Crippen LogP contribution < -0.4 is 0 Å². The quantitative estimate of drug-likeness (QED) is 0.0633. The molecule has 0 unspecified atom stereocenters. The molecule has 0 saturated heterocycles. The van der Waals surface area contributed by atoms with Crippen molar-refractivity contribution >= 4 is 29.8 Å². The molecule has 0 aliphatic rings. The van der Waals surface area contributed by atoms with Gasteiger partial charge in [0, 0.05) is 32.7 Å². The summed E-state index contributed by atoms with van der Waals surface area (Å²) in [4.78, 5) is 65.2. The first-order chi connectivity index (χ1) is 24.0. The highest BCUT2D eigenvalue weighted by atomic mass is 16.6. The molecule has 0 aromatic rings. The van der Waals surface area contributed by atoms with E-state index in [1.807, 2.05) is 4.90 Å². The van der Waals surface area contributed by atoms with Gasteiger partial charge in [-0.25, -0.2) is 0 Å². The molecule has 0 bridgehead atoms. The number of carboxylic acid groups (broad SMARTS) is 2. The van der Waals surface area contributed by atoms with Crippen molar-refractivity contribution in [3.05, 3.63) is 0 Å². The number of hydrogen-bond donors (Lipinski definition) is 2. The Morgan fingerprint density at radius 3 is 1.06 bits per heavy atom. The fourth-order valence-corrected chi connectivity index (χ4v) is 4.29. The summed E-state index contributed by atoms with van der Waals surface area (Å²) in [6, 6.07) is 0. The Morgan fingerprint density at radius 1 is 0.404 bits per heavy atom. The van der Waals surface area contributed by atoms with Gasteiger partial charge < -0.3 is 43.4 Å². The van der Waals surface area contributed by atoms with E-state index in [0.717, 1.165) is 0 Å². The van der Waals surface area contributed by atoms with E-state index in [-0.39, 0.29) is 52.4 Å². The molecule has 17 nitrogen and oxygen atoms in total. The molecular formula is C35H65N3O14. The number of nitrogens with zero attached hydrogens (tertiary/aromatic N) is 3. The first-order valence-corrected chi connectivity index (χ1v) is 17.6. The van der Waals surface area contributed by atoms with Crippen LogP contribution in [0.25, 0.3) is 0 Å². The maximum absolute atomic E-state index is 12.8. The van der Waals surface area contributed by atoms with Crippen LogP contribution in [0.1, 0.15) is 68.7 Å². The SMILES string of the molecule is CC(C)(C)OC(=O)CN(CCOCCOCCOCCOCCC(=O)O)CCN(CCN(CC(=O)O)CC(=O)OC(C)(C)C)CC(=O)OC(C)(C)C. The summed E-state index contributed by atoms with van der Waals surface area (Å²) in [5.74, 6) is -3.48. The average Bonchev–Trinajstić information content (AvgIpc) is 2.94. The van der Waals surface area contributed by atoms with Crippen LogP contribution in [0, 0.1) is 0 Å². The molecule has 0 atom stereocenters. The lowest BCUT2D eigenvalue weighted by Crippen LogP contribution is -2.46. The number of carbonyl (C=O) groups excluding carboxylic acids is 3. The fourth-order valence-electron chi connectivity index (χ4n) is 4.29. The second-order valence-corrected chi connectivity index (χ2v) is 15.0. The molecule has 0 fully saturated rings. The van der Waals surface area contributed by atoms with Gasteiger partial charge in [0.2, 0.25) is 0 Å². The van der Waals surface area contributed by atoms with Gasteiger partial charge in [-0.2, -0.15) is 0 Å². The van der Waals surface area contributed by atoms with Gasteiger partial charge in [-0.05, 0) is 62.3 Å². The van der Waals surface area contributed by atoms with Crippen molar-refractivity contribution in [1.29, 1.82) is 0 Å². The molecule has 0 aromatic heterocycles. The van der Waals surface area contributed by atoms with Crippen molar-refractivity contribution in [2.45, 2.75) is 85.5 Å². The Morgan fingerprint density at radius 2 is 0.712 bits per heavy atom. The minimum absolute atomic E-state index is 0.0292. The molecule has 52 heavy (non-hydrogen) atoms. The average molecular weight is 752 g/mol.